The summed E-state index contributed by atoms with van der Waals surface area (Å²) in [6.07, 6.45) is 1.43. The van der Waals surface area contributed by atoms with Gasteiger partial charge in [-0.15, -0.1) is 0 Å². The molecule has 3 aromatic carbocycles. The molecule has 0 bridgehead atoms. The summed E-state index contributed by atoms with van der Waals surface area (Å²) in [6, 6.07) is 14.7. The number of nitrogens with one attached hydrogen (secondary N) is 1. The minimum absolute atomic E-state index is 0.0194. The monoisotopic (exact) mass is 514 g/mol. The van der Waals surface area contributed by atoms with Crippen LogP contribution in [0, 0.1) is 27.2 Å². The molecular formula is C22H19BrN4O6. The number of rotatable bonds is 9. The molecule has 170 valence electrons. The smallest absolute Gasteiger partial charge is 0.301 e. The van der Waals surface area contributed by atoms with Gasteiger partial charge in [0.2, 0.25) is 0 Å². The van der Waals surface area contributed by atoms with Gasteiger partial charge in [-0.1, -0.05) is 29.8 Å². The van der Waals surface area contributed by atoms with Crippen LogP contribution in [0.25, 0.3) is 0 Å². The fraction of sp³-hybridized carbons (Fsp3) is 0.136. The quantitative estimate of drug-likeness (QED) is 0.223. The van der Waals surface area contributed by atoms with Gasteiger partial charge in [-0.05, 0) is 52.2 Å². The number of aryl methyl sites for hydroxylation is 1. The van der Waals surface area contributed by atoms with Crippen molar-refractivity contribution in [1.82, 2.24) is 0 Å². The van der Waals surface area contributed by atoms with E-state index in [4.69, 9.17) is 9.47 Å². The fourth-order valence-electron chi connectivity index (χ4n) is 2.85. The number of halogens is 1. The highest BCUT2D eigenvalue weighted by Gasteiger charge is 2.19. The first-order valence-electron chi connectivity index (χ1n) is 9.56. The zero-order chi connectivity index (χ0) is 24.0. The molecule has 3 rings (SSSR count). The van der Waals surface area contributed by atoms with Crippen molar-refractivity contribution in [1.29, 1.82) is 0 Å². The minimum atomic E-state index is -0.718. The Morgan fingerprint density at radius 2 is 1.79 bits per heavy atom. The van der Waals surface area contributed by atoms with Gasteiger partial charge in [0.1, 0.15) is 12.3 Å². The summed E-state index contributed by atoms with van der Waals surface area (Å²) in [7, 11) is 1.51. The van der Waals surface area contributed by atoms with Crippen molar-refractivity contribution in [2.45, 2.75) is 13.5 Å². The maximum absolute atomic E-state index is 11.2. The van der Waals surface area contributed by atoms with Gasteiger partial charge in [0, 0.05) is 6.07 Å². The van der Waals surface area contributed by atoms with E-state index in [-0.39, 0.29) is 11.4 Å². The molecule has 33 heavy (non-hydrogen) atoms. The number of hydrogen-bond acceptors (Lipinski definition) is 8. The number of hydrogen-bond donors (Lipinski definition) is 1. The molecule has 3 aromatic rings. The third kappa shape index (κ3) is 6.04. The molecule has 0 aliphatic carbocycles. The van der Waals surface area contributed by atoms with E-state index in [0.29, 0.717) is 28.1 Å². The zero-order valence-corrected chi connectivity index (χ0v) is 19.2. The van der Waals surface area contributed by atoms with Crippen LogP contribution >= 0.6 is 15.9 Å². The first kappa shape index (κ1) is 23.7. The molecule has 0 unspecified atom stereocenters. The Morgan fingerprint density at radius 1 is 1.06 bits per heavy atom. The Hall–Kier alpha value is -3.99. The lowest BCUT2D eigenvalue weighted by atomic mass is 10.2. The van der Waals surface area contributed by atoms with Crippen LogP contribution in [-0.2, 0) is 6.61 Å². The number of benzene rings is 3. The number of nitro benzene ring substituents is 2. The molecule has 0 spiro atoms. The summed E-state index contributed by atoms with van der Waals surface area (Å²) in [5, 5.41) is 26.1. The minimum Gasteiger partial charge on any atom is -0.493 e. The number of methoxy groups -OCH3 is 1. The number of hydrazone groups is 1. The SMILES string of the molecule is COc1cc(/C=N\Nc2ccc([N+](=O)[O-])cc2[N+](=O)[O-])cc(Br)c1OCc1ccc(C)cc1. The van der Waals surface area contributed by atoms with Gasteiger partial charge in [-0.25, -0.2) is 0 Å². The molecule has 0 aliphatic rings. The van der Waals surface area contributed by atoms with Crippen molar-refractivity contribution in [3.05, 3.63) is 96.0 Å². The maximum atomic E-state index is 11.2. The number of non-ortho nitro benzene ring substituents is 1. The van der Waals surface area contributed by atoms with Crippen molar-refractivity contribution < 1.29 is 19.3 Å². The van der Waals surface area contributed by atoms with Gasteiger partial charge in [0.05, 0.1) is 33.7 Å². The van der Waals surface area contributed by atoms with E-state index < -0.39 is 15.5 Å². The lowest BCUT2D eigenvalue weighted by Crippen LogP contribution is -2.00. The lowest BCUT2D eigenvalue weighted by molar-refractivity contribution is -0.393. The van der Waals surface area contributed by atoms with Gasteiger partial charge in [0.15, 0.2) is 11.5 Å². The predicted octanol–water partition coefficient (Wildman–Crippen LogP) is 5.61. The summed E-state index contributed by atoms with van der Waals surface area (Å²) in [4.78, 5) is 20.7. The highest BCUT2D eigenvalue weighted by molar-refractivity contribution is 9.10. The standard InChI is InChI=1S/C22H19BrN4O6/c1-14-3-5-15(6-4-14)13-33-22-18(23)9-16(10-21(22)32-2)12-24-25-19-8-7-17(26(28)29)11-20(19)27(30)31/h3-12,25H,13H2,1-2H3/b24-12-. The summed E-state index contributed by atoms with van der Waals surface area (Å²) in [5.74, 6) is 0.994. The highest BCUT2D eigenvalue weighted by Crippen LogP contribution is 2.37. The molecule has 0 aromatic heterocycles. The first-order chi connectivity index (χ1) is 15.8. The average Bonchev–Trinajstić information content (AvgIpc) is 2.79. The number of anilines is 1. The first-order valence-corrected chi connectivity index (χ1v) is 10.4. The third-order valence-corrected chi connectivity index (χ3v) is 5.13. The summed E-state index contributed by atoms with van der Waals surface area (Å²) in [6.45, 7) is 2.37. The topological polar surface area (TPSA) is 129 Å². The second-order valence-corrected chi connectivity index (χ2v) is 7.75. The van der Waals surface area contributed by atoms with Crippen molar-refractivity contribution in [3.8, 4) is 11.5 Å². The Morgan fingerprint density at radius 3 is 2.42 bits per heavy atom. The van der Waals surface area contributed by atoms with Crippen molar-refractivity contribution in [2.24, 2.45) is 5.10 Å². The molecule has 0 fully saturated rings. The molecule has 0 radical (unpaired) electrons. The Bertz CT molecular complexity index is 1210. The van der Waals surface area contributed by atoms with Crippen LogP contribution in [0.5, 0.6) is 11.5 Å². The predicted molar refractivity (Wildman–Crippen MR) is 127 cm³/mol. The second-order valence-electron chi connectivity index (χ2n) is 6.89. The molecule has 0 saturated carbocycles. The van der Waals surface area contributed by atoms with Gasteiger partial charge in [-0.3, -0.25) is 25.7 Å². The van der Waals surface area contributed by atoms with Crippen LogP contribution < -0.4 is 14.9 Å². The van der Waals surface area contributed by atoms with E-state index in [9.17, 15) is 20.2 Å². The van der Waals surface area contributed by atoms with Crippen LogP contribution in [-0.4, -0.2) is 23.2 Å². The normalized spacial score (nSPS) is 10.8. The largest absolute Gasteiger partial charge is 0.493 e. The highest BCUT2D eigenvalue weighted by atomic mass is 79.9. The summed E-state index contributed by atoms with van der Waals surface area (Å²) >= 11 is 3.47. The molecule has 1 N–H and O–H groups in total. The molecule has 11 heteroatoms. The van der Waals surface area contributed by atoms with E-state index >= 15 is 0 Å². The van der Waals surface area contributed by atoms with E-state index in [1.807, 2.05) is 31.2 Å². The Labute approximate surface area is 197 Å². The van der Waals surface area contributed by atoms with Crippen LogP contribution in [0.3, 0.4) is 0 Å². The van der Waals surface area contributed by atoms with Crippen molar-refractivity contribution >= 4 is 39.2 Å². The van der Waals surface area contributed by atoms with Gasteiger partial charge in [0.25, 0.3) is 5.69 Å². The maximum Gasteiger partial charge on any atom is 0.301 e. The second kappa shape index (κ2) is 10.6. The number of nitrogens with zero attached hydrogens (tertiary/aromatic N) is 3. The van der Waals surface area contributed by atoms with Crippen molar-refractivity contribution in [3.63, 3.8) is 0 Å². The summed E-state index contributed by atoms with van der Waals surface area (Å²) < 4.78 is 12.0. The molecule has 0 heterocycles. The lowest BCUT2D eigenvalue weighted by Gasteiger charge is -2.13. The van der Waals surface area contributed by atoms with Gasteiger partial charge >= 0.3 is 5.69 Å². The van der Waals surface area contributed by atoms with Gasteiger partial charge in [-0.2, -0.15) is 5.10 Å². The number of nitro groups is 2. The molecule has 10 nitrogen and oxygen atoms in total. The van der Waals surface area contributed by atoms with Crippen LogP contribution in [0.15, 0.2) is 64.2 Å². The van der Waals surface area contributed by atoms with Crippen LogP contribution in [0.1, 0.15) is 16.7 Å². The molecular weight excluding hydrogens is 496 g/mol. The summed E-state index contributed by atoms with van der Waals surface area (Å²) in [5.41, 5.74) is 4.52. The fourth-order valence-corrected chi connectivity index (χ4v) is 3.42. The van der Waals surface area contributed by atoms with E-state index in [2.05, 4.69) is 26.5 Å². The zero-order valence-electron chi connectivity index (χ0n) is 17.6. The molecule has 0 saturated heterocycles. The van der Waals surface area contributed by atoms with Crippen molar-refractivity contribution in [2.75, 3.05) is 12.5 Å². The van der Waals surface area contributed by atoms with Crippen LogP contribution in [0.2, 0.25) is 0 Å². The van der Waals surface area contributed by atoms with E-state index in [1.165, 1.54) is 19.4 Å². The van der Waals surface area contributed by atoms with Crippen LogP contribution in [0.4, 0.5) is 17.1 Å². The molecule has 0 aliphatic heterocycles. The molecule has 0 amide bonds. The average molecular weight is 515 g/mol. The third-order valence-electron chi connectivity index (χ3n) is 4.54. The van der Waals surface area contributed by atoms with Gasteiger partial charge < -0.3 is 9.47 Å². The Kier molecular flexibility index (Phi) is 7.57. The van der Waals surface area contributed by atoms with E-state index in [1.54, 1.807) is 12.1 Å². The number of ether oxygens (including phenoxy) is 2. The van der Waals surface area contributed by atoms with E-state index in [0.717, 1.165) is 23.3 Å². The molecule has 0 atom stereocenters. The Balaban J connectivity index is 1.76.